The molecule has 1 aliphatic heterocycles. The van der Waals surface area contributed by atoms with Crippen molar-refractivity contribution in [3.63, 3.8) is 0 Å². The lowest BCUT2D eigenvalue weighted by atomic mass is 9.95. The van der Waals surface area contributed by atoms with Gasteiger partial charge in [0, 0.05) is 5.56 Å². The Labute approximate surface area is 136 Å². The number of nitrogens with two attached hydrogens (primary N) is 2. The number of fused-ring (bicyclic) bond motifs is 1. The van der Waals surface area contributed by atoms with Crippen LogP contribution in [0.3, 0.4) is 0 Å². The largest absolute Gasteiger partial charge is 0.508 e. The van der Waals surface area contributed by atoms with Gasteiger partial charge in [-0.3, -0.25) is 5.32 Å². The van der Waals surface area contributed by atoms with Crippen LogP contribution in [0, 0.1) is 22.8 Å². The quantitative estimate of drug-likeness (QED) is 0.379. The summed E-state index contributed by atoms with van der Waals surface area (Å²) in [5.74, 6) is 0.589. The molecule has 2 aromatic rings. The van der Waals surface area contributed by atoms with Crippen molar-refractivity contribution in [3.8, 4) is 18.0 Å². The molecule has 1 aromatic carbocycles. The number of phenols is 1. The fourth-order valence-electron chi connectivity index (χ4n) is 2.48. The summed E-state index contributed by atoms with van der Waals surface area (Å²) in [7, 11) is 0. The monoisotopic (exact) mass is 320 g/mol. The Morgan fingerprint density at radius 2 is 1.92 bits per heavy atom. The van der Waals surface area contributed by atoms with Crippen molar-refractivity contribution in [1.29, 1.82) is 10.5 Å². The SMILES string of the molecule is N#CNC1=NC(c2ccc(O)cc2)c2c(nc(N)c(C#N)c2N)N1. The number of rotatable bonds is 1. The van der Waals surface area contributed by atoms with Gasteiger partial charge in [-0.1, -0.05) is 12.1 Å². The lowest BCUT2D eigenvalue weighted by Gasteiger charge is -2.26. The van der Waals surface area contributed by atoms with E-state index in [-0.39, 0.29) is 28.8 Å². The van der Waals surface area contributed by atoms with E-state index in [0.717, 1.165) is 0 Å². The molecular formula is C15H12N8O. The molecule has 9 nitrogen and oxygen atoms in total. The van der Waals surface area contributed by atoms with Gasteiger partial charge in [-0.25, -0.2) is 9.98 Å². The van der Waals surface area contributed by atoms with Gasteiger partial charge in [-0.2, -0.15) is 10.5 Å². The molecule has 1 unspecified atom stereocenters. The number of aromatic hydroxyl groups is 1. The molecule has 7 N–H and O–H groups in total. The van der Waals surface area contributed by atoms with Gasteiger partial charge in [-0.05, 0) is 17.7 Å². The molecule has 0 amide bonds. The molecule has 0 saturated carbocycles. The zero-order valence-electron chi connectivity index (χ0n) is 12.3. The van der Waals surface area contributed by atoms with Crippen LogP contribution in [0.5, 0.6) is 5.75 Å². The number of hydrogen-bond acceptors (Lipinski definition) is 9. The van der Waals surface area contributed by atoms with Gasteiger partial charge in [0.05, 0.1) is 5.69 Å². The number of nitrogens with zero attached hydrogens (tertiary/aromatic N) is 4. The van der Waals surface area contributed by atoms with Crippen LogP contribution in [-0.4, -0.2) is 16.1 Å². The fourth-order valence-corrected chi connectivity index (χ4v) is 2.48. The average molecular weight is 320 g/mol. The molecule has 2 heterocycles. The van der Waals surface area contributed by atoms with Crippen molar-refractivity contribution in [2.75, 3.05) is 16.8 Å². The van der Waals surface area contributed by atoms with Gasteiger partial charge in [0.2, 0.25) is 5.96 Å². The number of nitriles is 2. The molecule has 1 aromatic heterocycles. The highest BCUT2D eigenvalue weighted by Crippen LogP contribution is 2.40. The number of nitrogens with one attached hydrogen (secondary N) is 2. The van der Waals surface area contributed by atoms with Gasteiger partial charge in [0.15, 0.2) is 6.19 Å². The lowest BCUT2D eigenvalue weighted by molar-refractivity contribution is 0.475. The predicted octanol–water partition coefficient (Wildman–Crippen LogP) is 0.765. The summed E-state index contributed by atoms with van der Waals surface area (Å²) in [6.45, 7) is 0. The van der Waals surface area contributed by atoms with Crippen molar-refractivity contribution in [1.82, 2.24) is 10.3 Å². The van der Waals surface area contributed by atoms with Crippen LogP contribution in [-0.2, 0) is 0 Å². The third-order valence-corrected chi connectivity index (χ3v) is 3.57. The van der Waals surface area contributed by atoms with E-state index in [1.807, 2.05) is 6.07 Å². The van der Waals surface area contributed by atoms with E-state index in [4.69, 9.17) is 16.7 Å². The summed E-state index contributed by atoms with van der Waals surface area (Å²) < 4.78 is 0. The highest BCUT2D eigenvalue weighted by Gasteiger charge is 2.29. The maximum absolute atomic E-state index is 9.46. The fraction of sp³-hybridized carbons (Fsp3) is 0.0667. The minimum absolute atomic E-state index is 0.0103. The Kier molecular flexibility index (Phi) is 3.53. The number of guanidine groups is 1. The van der Waals surface area contributed by atoms with Crippen LogP contribution in [0.2, 0.25) is 0 Å². The molecule has 0 bridgehead atoms. The second-order valence-corrected chi connectivity index (χ2v) is 4.99. The van der Waals surface area contributed by atoms with E-state index in [0.29, 0.717) is 16.9 Å². The summed E-state index contributed by atoms with van der Waals surface area (Å²) in [5.41, 5.74) is 13.3. The van der Waals surface area contributed by atoms with Gasteiger partial charge in [-0.15, -0.1) is 0 Å². The molecule has 0 fully saturated rings. The Morgan fingerprint density at radius 1 is 1.21 bits per heavy atom. The van der Waals surface area contributed by atoms with Crippen molar-refractivity contribution < 1.29 is 5.11 Å². The normalized spacial score (nSPS) is 15.2. The van der Waals surface area contributed by atoms with E-state index in [1.165, 1.54) is 12.1 Å². The van der Waals surface area contributed by atoms with Crippen LogP contribution >= 0.6 is 0 Å². The number of aliphatic imine (C=N–C) groups is 1. The molecule has 9 heteroatoms. The first kappa shape index (κ1) is 14.9. The maximum atomic E-state index is 9.46. The summed E-state index contributed by atoms with van der Waals surface area (Å²) in [6.07, 6.45) is 1.78. The van der Waals surface area contributed by atoms with Crippen molar-refractivity contribution in [2.45, 2.75) is 6.04 Å². The van der Waals surface area contributed by atoms with Crippen LogP contribution in [0.15, 0.2) is 29.3 Å². The molecule has 0 saturated heterocycles. The Hall–Kier alpha value is -3.98. The van der Waals surface area contributed by atoms with Crippen molar-refractivity contribution in [3.05, 3.63) is 41.0 Å². The van der Waals surface area contributed by atoms with Crippen LogP contribution in [0.4, 0.5) is 17.3 Å². The minimum Gasteiger partial charge on any atom is -0.508 e. The zero-order valence-corrected chi connectivity index (χ0v) is 12.3. The van der Waals surface area contributed by atoms with E-state index in [9.17, 15) is 10.4 Å². The lowest BCUT2D eigenvalue weighted by Crippen LogP contribution is -2.32. The van der Waals surface area contributed by atoms with E-state index >= 15 is 0 Å². The first-order valence-corrected chi connectivity index (χ1v) is 6.83. The molecule has 3 rings (SSSR count). The summed E-state index contributed by atoms with van der Waals surface area (Å²) in [4.78, 5) is 8.55. The summed E-state index contributed by atoms with van der Waals surface area (Å²) in [6, 6.07) is 7.68. The zero-order chi connectivity index (χ0) is 17.3. The molecule has 118 valence electrons. The van der Waals surface area contributed by atoms with Gasteiger partial charge < -0.3 is 21.9 Å². The van der Waals surface area contributed by atoms with E-state index in [1.54, 1.807) is 18.3 Å². The van der Waals surface area contributed by atoms with Crippen molar-refractivity contribution >= 4 is 23.3 Å². The Balaban J connectivity index is 2.23. The number of phenolic OH excluding ortho intramolecular Hbond substituents is 1. The first-order valence-electron chi connectivity index (χ1n) is 6.83. The van der Waals surface area contributed by atoms with E-state index < -0.39 is 6.04 Å². The molecule has 24 heavy (non-hydrogen) atoms. The average Bonchev–Trinajstić information content (AvgIpc) is 2.55. The number of nitrogen functional groups attached to an aromatic ring is 2. The smallest absolute Gasteiger partial charge is 0.211 e. The summed E-state index contributed by atoms with van der Waals surface area (Å²) in [5, 5.41) is 32.8. The number of pyridine rings is 1. The predicted molar refractivity (Wildman–Crippen MR) is 87.5 cm³/mol. The Bertz CT molecular complexity index is 920. The van der Waals surface area contributed by atoms with Gasteiger partial charge in [0.1, 0.15) is 35.1 Å². The second kappa shape index (κ2) is 5.66. The van der Waals surface area contributed by atoms with Gasteiger partial charge in [0.25, 0.3) is 0 Å². The molecule has 1 atom stereocenters. The standard InChI is InChI=1S/C15H12N8O/c16-5-9-11(18)10-12(7-1-3-8(24)4-2-7)21-15(20-6-17)23-14(10)22-13(9)19/h1-4,12,24H,(H6,18,19,20,21,22,23). The van der Waals surface area contributed by atoms with Crippen LogP contribution < -0.4 is 22.1 Å². The number of benzene rings is 1. The molecular weight excluding hydrogens is 308 g/mol. The van der Waals surface area contributed by atoms with Crippen LogP contribution in [0.25, 0.3) is 0 Å². The van der Waals surface area contributed by atoms with Crippen LogP contribution in [0.1, 0.15) is 22.7 Å². The van der Waals surface area contributed by atoms with Crippen molar-refractivity contribution in [2.24, 2.45) is 4.99 Å². The summed E-state index contributed by atoms with van der Waals surface area (Å²) >= 11 is 0. The third-order valence-electron chi connectivity index (χ3n) is 3.57. The topological polar surface area (TPSA) is 169 Å². The van der Waals surface area contributed by atoms with Gasteiger partial charge >= 0.3 is 0 Å². The maximum Gasteiger partial charge on any atom is 0.211 e. The number of anilines is 3. The first-order chi connectivity index (χ1) is 11.5. The van der Waals surface area contributed by atoms with E-state index in [2.05, 4.69) is 20.6 Å². The minimum atomic E-state index is -0.613. The third kappa shape index (κ3) is 2.36. The Morgan fingerprint density at radius 3 is 2.54 bits per heavy atom. The molecule has 0 spiro atoms. The highest BCUT2D eigenvalue weighted by atomic mass is 16.3. The molecule has 0 radical (unpaired) electrons. The second-order valence-electron chi connectivity index (χ2n) is 4.99. The number of aromatic nitrogens is 1. The molecule has 0 aliphatic carbocycles. The highest BCUT2D eigenvalue weighted by molar-refractivity contribution is 5.98. The molecule has 1 aliphatic rings. The number of hydrogen-bond donors (Lipinski definition) is 5.